The maximum Gasteiger partial charge on any atom is 0.419 e. The lowest BCUT2D eigenvalue weighted by molar-refractivity contribution is -0.140. The molecule has 0 spiro atoms. The lowest BCUT2D eigenvalue weighted by Crippen LogP contribution is -2.35. The van der Waals surface area contributed by atoms with Crippen molar-refractivity contribution in [2.75, 3.05) is 12.3 Å². The van der Waals surface area contributed by atoms with Crippen LogP contribution in [0.5, 0.6) is 0 Å². The van der Waals surface area contributed by atoms with Crippen LogP contribution in [0.15, 0.2) is 47.3 Å². The van der Waals surface area contributed by atoms with Gasteiger partial charge in [-0.15, -0.1) is 0 Å². The zero-order valence-electron chi connectivity index (χ0n) is 15.8. The number of alkyl halides is 3. The highest BCUT2D eigenvalue weighted by Gasteiger charge is 2.35. The fraction of sp³-hybridized carbons (Fsp3) is 0.238. The van der Waals surface area contributed by atoms with Crippen molar-refractivity contribution in [2.45, 2.75) is 25.7 Å². The van der Waals surface area contributed by atoms with Gasteiger partial charge >= 0.3 is 6.18 Å². The zero-order chi connectivity index (χ0) is 21.5. The van der Waals surface area contributed by atoms with Gasteiger partial charge in [0.25, 0.3) is 5.56 Å². The molecule has 0 saturated carbocycles. The first kappa shape index (κ1) is 20.1. The normalized spacial score (nSPS) is 14.5. The van der Waals surface area contributed by atoms with Crippen LogP contribution in [0.4, 0.5) is 23.2 Å². The summed E-state index contributed by atoms with van der Waals surface area (Å²) in [6.07, 6.45) is -4.38. The lowest BCUT2D eigenvalue weighted by atomic mass is 10.0. The van der Waals surface area contributed by atoms with Crippen molar-refractivity contribution in [3.63, 3.8) is 0 Å². The fourth-order valence-corrected chi connectivity index (χ4v) is 3.57. The molecule has 0 aliphatic carbocycles. The summed E-state index contributed by atoms with van der Waals surface area (Å²) in [6.45, 7) is 0.631. The molecule has 0 saturated heterocycles. The van der Waals surface area contributed by atoms with Crippen molar-refractivity contribution in [3.05, 3.63) is 81.0 Å². The van der Waals surface area contributed by atoms with Gasteiger partial charge in [-0.2, -0.15) is 13.2 Å². The van der Waals surface area contributed by atoms with Crippen LogP contribution in [-0.2, 0) is 25.7 Å². The standard InChI is InChI=1S/C21H18F4N4O/c22-18-13(2-1-3-16(18)21(23,24)25)10-29-9-8-15-17(11-29)27-19(28-20(15)30)12-4-6-14(26)7-5-12/h1-7H,8-11,26H2,(H,27,28,30). The minimum absolute atomic E-state index is 0.0130. The number of rotatable bonds is 3. The van der Waals surface area contributed by atoms with Crippen molar-refractivity contribution in [3.8, 4) is 11.4 Å². The number of nitrogen functional groups attached to an aromatic ring is 1. The summed E-state index contributed by atoms with van der Waals surface area (Å²) in [7, 11) is 0. The molecule has 0 unspecified atom stereocenters. The Morgan fingerprint density at radius 3 is 2.57 bits per heavy atom. The minimum atomic E-state index is -4.75. The molecule has 2 aromatic carbocycles. The summed E-state index contributed by atoms with van der Waals surface area (Å²) in [5, 5.41) is 0. The Morgan fingerprint density at radius 1 is 1.13 bits per heavy atom. The maximum absolute atomic E-state index is 14.4. The van der Waals surface area contributed by atoms with Crippen molar-refractivity contribution in [2.24, 2.45) is 0 Å². The number of halogens is 4. The topological polar surface area (TPSA) is 75.0 Å². The summed E-state index contributed by atoms with van der Waals surface area (Å²) in [6, 6.07) is 10.1. The number of anilines is 1. The smallest absolute Gasteiger partial charge is 0.399 e. The van der Waals surface area contributed by atoms with E-state index in [4.69, 9.17) is 5.73 Å². The second-order valence-electron chi connectivity index (χ2n) is 7.20. The SMILES string of the molecule is Nc1ccc(-c2nc3c(c(=O)[nH]2)CCN(Cc2cccc(C(F)(F)F)c2F)C3)cc1. The van der Waals surface area contributed by atoms with E-state index in [-0.39, 0.29) is 24.2 Å². The number of aromatic nitrogens is 2. The quantitative estimate of drug-likeness (QED) is 0.502. The summed E-state index contributed by atoms with van der Waals surface area (Å²) < 4.78 is 53.3. The summed E-state index contributed by atoms with van der Waals surface area (Å²) in [4.78, 5) is 21.5. The fourth-order valence-electron chi connectivity index (χ4n) is 3.57. The Hall–Kier alpha value is -3.20. The molecule has 9 heteroatoms. The van der Waals surface area contributed by atoms with E-state index in [1.54, 1.807) is 29.2 Å². The average molecular weight is 418 g/mol. The Bertz CT molecular complexity index is 1140. The highest BCUT2D eigenvalue weighted by atomic mass is 19.4. The first-order chi connectivity index (χ1) is 14.2. The van der Waals surface area contributed by atoms with E-state index in [1.807, 2.05) is 0 Å². The predicted molar refractivity (Wildman–Crippen MR) is 104 cm³/mol. The van der Waals surface area contributed by atoms with Crippen LogP contribution >= 0.6 is 0 Å². The molecule has 1 aromatic heterocycles. The Kier molecular flexibility index (Phi) is 5.07. The number of aromatic amines is 1. The molecule has 3 N–H and O–H groups in total. The molecule has 5 nitrogen and oxygen atoms in total. The molecule has 0 radical (unpaired) electrons. The van der Waals surface area contributed by atoms with E-state index >= 15 is 0 Å². The molecule has 0 fully saturated rings. The number of nitrogens with one attached hydrogen (secondary N) is 1. The molecule has 0 amide bonds. The minimum Gasteiger partial charge on any atom is -0.399 e. The average Bonchev–Trinajstić information content (AvgIpc) is 2.69. The summed E-state index contributed by atoms with van der Waals surface area (Å²) in [5.74, 6) is -0.886. The third-order valence-electron chi connectivity index (χ3n) is 5.11. The number of nitrogens with zero attached hydrogens (tertiary/aromatic N) is 2. The first-order valence-electron chi connectivity index (χ1n) is 9.27. The number of fused-ring (bicyclic) bond motifs is 1. The van der Waals surface area contributed by atoms with E-state index in [0.717, 1.165) is 6.07 Å². The summed E-state index contributed by atoms with van der Waals surface area (Å²) in [5.41, 5.74) is 6.44. The van der Waals surface area contributed by atoms with Gasteiger partial charge in [0.15, 0.2) is 0 Å². The maximum atomic E-state index is 14.4. The van der Waals surface area contributed by atoms with Crippen LogP contribution in [0, 0.1) is 5.82 Å². The molecular weight excluding hydrogens is 400 g/mol. The van der Waals surface area contributed by atoms with Gasteiger partial charge in [0.2, 0.25) is 0 Å². The van der Waals surface area contributed by atoms with Crippen molar-refractivity contribution < 1.29 is 17.6 Å². The third-order valence-corrected chi connectivity index (χ3v) is 5.11. The van der Waals surface area contributed by atoms with E-state index in [9.17, 15) is 22.4 Å². The number of benzene rings is 2. The molecule has 156 valence electrons. The van der Waals surface area contributed by atoms with Crippen LogP contribution in [0.2, 0.25) is 0 Å². The predicted octanol–water partition coefficient (Wildman–Crippen LogP) is 3.74. The number of hydrogen-bond donors (Lipinski definition) is 2. The van der Waals surface area contributed by atoms with Gasteiger partial charge in [-0.3, -0.25) is 9.69 Å². The monoisotopic (exact) mass is 418 g/mol. The largest absolute Gasteiger partial charge is 0.419 e. The van der Waals surface area contributed by atoms with Gasteiger partial charge in [-0.05, 0) is 36.8 Å². The second kappa shape index (κ2) is 7.56. The molecule has 4 rings (SSSR count). The van der Waals surface area contributed by atoms with Crippen LogP contribution < -0.4 is 11.3 Å². The molecule has 0 atom stereocenters. The van der Waals surface area contributed by atoms with Crippen LogP contribution in [-0.4, -0.2) is 21.4 Å². The van der Waals surface area contributed by atoms with Crippen LogP contribution in [0.25, 0.3) is 11.4 Å². The van der Waals surface area contributed by atoms with Gasteiger partial charge in [0, 0.05) is 42.0 Å². The Labute approximate surface area is 169 Å². The molecule has 2 heterocycles. The van der Waals surface area contributed by atoms with E-state index in [2.05, 4.69) is 9.97 Å². The molecule has 30 heavy (non-hydrogen) atoms. The second-order valence-corrected chi connectivity index (χ2v) is 7.20. The number of H-pyrrole nitrogens is 1. The first-order valence-corrected chi connectivity index (χ1v) is 9.27. The lowest BCUT2D eigenvalue weighted by Gasteiger charge is -2.28. The van der Waals surface area contributed by atoms with Gasteiger partial charge in [0.1, 0.15) is 11.6 Å². The molecule has 1 aliphatic heterocycles. The van der Waals surface area contributed by atoms with E-state index in [1.165, 1.54) is 12.1 Å². The van der Waals surface area contributed by atoms with Crippen molar-refractivity contribution in [1.29, 1.82) is 0 Å². The number of nitrogens with two attached hydrogens (primary N) is 1. The van der Waals surface area contributed by atoms with Crippen molar-refractivity contribution >= 4 is 5.69 Å². The zero-order valence-corrected chi connectivity index (χ0v) is 15.8. The van der Waals surface area contributed by atoms with Crippen LogP contribution in [0.3, 0.4) is 0 Å². The molecular formula is C21H18F4N4O. The third kappa shape index (κ3) is 3.93. The van der Waals surface area contributed by atoms with Crippen LogP contribution in [0.1, 0.15) is 22.4 Å². The van der Waals surface area contributed by atoms with Gasteiger partial charge in [0.05, 0.1) is 11.3 Å². The molecule has 1 aliphatic rings. The van der Waals surface area contributed by atoms with E-state index in [0.29, 0.717) is 41.3 Å². The van der Waals surface area contributed by atoms with E-state index < -0.39 is 17.6 Å². The highest BCUT2D eigenvalue weighted by Crippen LogP contribution is 2.33. The van der Waals surface area contributed by atoms with Crippen molar-refractivity contribution in [1.82, 2.24) is 14.9 Å². The highest BCUT2D eigenvalue weighted by molar-refractivity contribution is 5.58. The molecule has 3 aromatic rings. The van der Waals surface area contributed by atoms with Gasteiger partial charge in [-0.25, -0.2) is 9.37 Å². The Balaban J connectivity index is 1.61. The van der Waals surface area contributed by atoms with Gasteiger partial charge < -0.3 is 10.7 Å². The summed E-state index contributed by atoms with van der Waals surface area (Å²) >= 11 is 0. The molecule has 0 bridgehead atoms. The Morgan fingerprint density at radius 2 is 1.87 bits per heavy atom. The van der Waals surface area contributed by atoms with Gasteiger partial charge in [-0.1, -0.05) is 12.1 Å². The number of hydrogen-bond acceptors (Lipinski definition) is 4.